The molecule has 0 bridgehead atoms. The van der Waals surface area contributed by atoms with E-state index in [4.69, 9.17) is 22.3 Å². The number of carboxylic acids is 2. The van der Waals surface area contributed by atoms with Crippen molar-refractivity contribution >= 4 is 47.4 Å². The number of aromatic amines is 3. The number of carboxylic acid groups (broad SMARTS) is 2. The van der Waals surface area contributed by atoms with Crippen LogP contribution in [0.15, 0.2) is 42.6 Å². The normalized spacial score (nSPS) is 13.6. The molecule has 16 N–H and O–H groups in total. The first-order chi connectivity index (χ1) is 25.7. The summed E-state index contributed by atoms with van der Waals surface area (Å²) < 4.78 is 0. The molecule has 0 unspecified atom stereocenters. The largest absolute Gasteiger partial charge is 0.481 e. The van der Waals surface area contributed by atoms with Gasteiger partial charge in [-0.05, 0) is 12.8 Å². The van der Waals surface area contributed by atoms with Gasteiger partial charge in [0.25, 0.3) is 0 Å². The fraction of sp³-hybridized carbons (Fsp3) is 0.433. The highest BCUT2D eigenvalue weighted by molar-refractivity contribution is 5.96. The van der Waals surface area contributed by atoms with E-state index in [1.54, 1.807) is 0 Å². The van der Waals surface area contributed by atoms with Gasteiger partial charge in [-0.1, -0.05) is 0 Å². The standard InChI is InChI=1S/C30H43N15O9/c31-18(4-15-8-34-12-39-15)25(49)44-20(5-16-9-35-13-40-16)28(52)45-21(6-17-10-36-14-41-17)27(51)43-19(2-1-3-37-30(32)33)26(50)38-11-23(46)42-22(29(53)54)7-24(47)48/h8-10,12-14,18-22H,1-7,11,31H2,(H,34,39)(H,35,40)(H,36,41)(H,38,50)(H,42,46)(H,43,51)(H,44,49)(H,45,52)(H,47,48)(H,53,54)(H4,32,33,37)/t18-,19-,20-,21-,22-/m0/s1. The minimum Gasteiger partial charge on any atom is -0.481 e. The van der Waals surface area contributed by atoms with E-state index in [1.807, 2.05) is 5.32 Å². The molecule has 5 atom stereocenters. The smallest absolute Gasteiger partial charge is 0.326 e. The molecule has 5 amide bonds. The first-order valence-corrected chi connectivity index (χ1v) is 16.4. The molecule has 0 spiro atoms. The van der Waals surface area contributed by atoms with Crippen molar-refractivity contribution in [1.29, 1.82) is 0 Å². The molecule has 3 aromatic heterocycles. The van der Waals surface area contributed by atoms with E-state index in [0.717, 1.165) is 0 Å². The monoisotopic (exact) mass is 757 g/mol. The second-order valence-electron chi connectivity index (χ2n) is 11.9. The van der Waals surface area contributed by atoms with Crippen LogP contribution in [0.3, 0.4) is 0 Å². The van der Waals surface area contributed by atoms with Gasteiger partial charge in [-0.3, -0.25) is 33.8 Å². The lowest BCUT2D eigenvalue weighted by Gasteiger charge is -2.25. The number of guanidine groups is 1. The Balaban J connectivity index is 1.78. The summed E-state index contributed by atoms with van der Waals surface area (Å²) in [4.78, 5) is 113. The Labute approximate surface area is 306 Å². The van der Waals surface area contributed by atoms with Crippen LogP contribution in [0.4, 0.5) is 0 Å². The summed E-state index contributed by atoms with van der Waals surface area (Å²) in [6, 6.07) is -6.78. The zero-order valence-electron chi connectivity index (χ0n) is 28.8. The molecule has 3 rings (SSSR count). The number of aliphatic carboxylic acids is 2. The van der Waals surface area contributed by atoms with E-state index in [0.29, 0.717) is 17.1 Å². The lowest BCUT2D eigenvalue weighted by molar-refractivity contribution is -0.147. The van der Waals surface area contributed by atoms with E-state index in [1.165, 1.54) is 37.6 Å². The van der Waals surface area contributed by atoms with E-state index >= 15 is 0 Å². The van der Waals surface area contributed by atoms with Crippen LogP contribution in [-0.4, -0.2) is 131 Å². The second-order valence-corrected chi connectivity index (χ2v) is 11.9. The van der Waals surface area contributed by atoms with Gasteiger partial charge >= 0.3 is 11.9 Å². The molecule has 0 saturated heterocycles. The number of aromatic nitrogens is 6. The molecule has 0 aliphatic carbocycles. The molecule has 54 heavy (non-hydrogen) atoms. The molecule has 0 aliphatic rings. The minimum atomic E-state index is -1.76. The molecule has 0 aliphatic heterocycles. The first kappa shape index (κ1) is 41.6. The van der Waals surface area contributed by atoms with Gasteiger partial charge in [0.1, 0.15) is 24.2 Å². The van der Waals surface area contributed by atoms with Crippen molar-refractivity contribution in [3.8, 4) is 0 Å². The van der Waals surface area contributed by atoms with Crippen molar-refractivity contribution < 1.29 is 43.8 Å². The van der Waals surface area contributed by atoms with Gasteiger partial charge in [0.15, 0.2) is 5.96 Å². The third kappa shape index (κ3) is 14.4. The minimum absolute atomic E-state index is 0.0593. The molecule has 24 nitrogen and oxygen atoms in total. The zero-order chi connectivity index (χ0) is 39.6. The number of H-pyrrole nitrogens is 3. The summed E-state index contributed by atoms with van der Waals surface area (Å²) in [5.41, 5.74) is 18.3. The molecule has 0 saturated carbocycles. The van der Waals surface area contributed by atoms with Crippen LogP contribution < -0.4 is 43.8 Å². The van der Waals surface area contributed by atoms with Crippen molar-refractivity contribution in [2.24, 2.45) is 22.2 Å². The lowest BCUT2D eigenvalue weighted by atomic mass is 10.1. The van der Waals surface area contributed by atoms with Gasteiger partial charge < -0.3 is 68.9 Å². The molecule has 3 aromatic rings. The van der Waals surface area contributed by atoms with Gasteiger partial charge in [-0.25, -0.2) is 19.7 Å². The highest BCUT2D eigenvalue weighted by Gasteiger charge is 2.32. The predicted molar refractivity (Wildman–Crippen MR) is 185 cm³/mol. The van der Waals surface area contributed by atoms with E-state index in [9.17, 15) is 38.7 Å². The molecule has 24 heteroatoms. The summed E-state index contributed by atoms with van der Waals surface area (Å²) >= 11 is 0. The number of aliphatic imine (C=N–C) groups is 1. The number of carbonyl (C=O) groups excluding carboxylic acids is 5. The fourth-order valence-electron chi connectivity index (χ4n) is 4.88. The maximum atomic E-state index is 13.8. The number of nitrogens with two attached hydrogens (primary N) is 3. The Bertz CT molecular complexity index is 1730. The fourth-order valence-corrected chi connectivity index (χ4v) is 4.88. The predicted octanol–water partition coefficient (Wildman–Crippen LogP) is -5.12. The quantitative estimate of drug-likeness (QED) is 0.0244. The van der Waals surface area contributed by atoms with E-state index < -0.39 is 84.6 Å². The number of imidazole rings is 3. The maximum absolute atomic E-state index is 13.8. The van der Waals surface area contributed by atoms with Crippen LogP contribution in [0.5, 0.6) is 0 Å². The van der Waals surface area contributed by atoms with Crippen LogP contribution in [0.2, 0.25) is 0 Å². The summed E-state index contributed by atoms with van der Waals surface area (Å²) in [6.07, 6.45) is 7.59. The molecule has 0 aromatic carbocycles. The average Bonchev–Trinajstić information content (AvgIpc) is 3.92. The first-order valence-electron chi connectivity index (χ1n) is 16.4. The highest BCUT2D eigenvalue weighted by atomic mass is 16.4. The number of carbonyl (C=O) groups is 7. The second kappa shape index (κ2) is 20.9. The van der Waals surface area contributed by atoms with Crippen molar-refractivity contribution in [2.75, 3.05) is 13.1 Å². The Morgan fingerprint density at radius 3 is 1.65 bits per heavy atom. The van der Waals surface area contributed by atoms with Gasteiger partial charge in [-0.15, -0.1) is 0 Å². The molecular weight excluding hydrogens is 714 g/mol. The van der Waals surface area contributed by atoms with E-state index in [2.05, 4.69) is 56.2 Å². The van der Waals surface area contributed by atoms with Gasteiger partial charge in [0, 0.05) is 61.5 Å². The number of hydrogen-bond donors (Lipinski definition) is 13. The average molecular weight is 758 g/mol. The van der Waals surface area contributed by atoms with Crippen LogP contribution in [0.1, 0.15) is 36.3 Å². The van der Waals surface area contributed by atoms with Gasteiger partial charge in [-0.2, -0.15) is 0 Å². The van der Waals surface area contributed by atoms with E-state index in [-0.39, 0.29) is 44.6 Å². The number of nitrogens with zero attached hydrogens (tertiary/aromatic N) is 4. The lowest BCUT2D eigenvalue weighted by Crippen LogP contribution is -2.59. The summed E-state index contributed by atoms with van der Waals surface area (Å²) in [5, 5.41) is 30.2. The highest BCUT2D eigenvalue weighted by Crippen LogP contribution is 2.07. The van der Waals surface area contributed by atoms with Crippen molar-refractivity contribution in [3.63, 3.8) is 0 Å². The number of nitrogens with one attached hydrogen (secondary N) is 8. The number of rotatable bonds is 23. The van der Waals surface area contributed by atoms with Crippen molar-refractivity contribution in [1.82, 2.24) is 56.5 Å². The Morgan fingerprint density at radius 2 is 1.19 bits per heavy atom. The van der Waals surface area contributed by atoms with Crippen LogP contribution in [0, 0.1) is 0 Å². The SMILES string of the molecule is NC(N)=NCCC[C@H](NC(=O)[C@H](Cc1cnc[nH]1)NC(=O)[C@H](Cc1cnc[nH]1)NC(=O)[C@@H](N)Cc1cnc[nH]1)C(=O)NCC(=O)N[C@@H](CC(=O)O)C(=O)O. The molecule has 292 valence electrons. The summed E-state index contributed by atoms with van der Waals surface area (Å²) in [7, 11) is 0. The van der Waals surface area contributed by atoms with Gasteiger partial charge in [0.05, 0.1) is 38.0 Å². The Kier molecular flexibility index (Phi) is 16.1. The third-order valence-electron chi connectivity index (χ3n) is 7.57. The Morgan fingerprint density at radius 1 is 0.685 bits per heavy atom. The van der Waals surface area contributed by atoms with Crippen LogP contribution >= 0.6 is 0 Å². The maximum Gasteiger partial charge on any atom is 0.326 e. The summed E-state index contributed by atoms with van der Waals surface area (Å²) in [6.45, 7) is -0.710. The topological polar surface area (TPSA) is 397 Å². The zero-order valence-corrected chi connectivity index (χ0v) is 28.8. The molecule has 0 radical (unpaired) electrons. The number of hydrogen-bond acceptors (Lipinski definition) is 12. The third-order valence-corrected chi connectivity index (χ3v) is 7.57. The molecular formula is C30H43N15O9. The molecule has 0 fully saturated rings. The summed E-state index contributed by atoms with van der Waals surface area (Å²) in [5.74, 6) is -7.49. The van der Waals surface area contributed by atoms with Crippen molar-refractivity contribution in [2.45, 2.75) is 68.7 Å². The van der Waals surface area contributed by atoms with Gasteiger partial charge in [0.2, 0.25) is 29.5 Å². The van der Waals surface area contributed by atoms with Crippen LogP contribution in [-0.2, 0) is 52.8 Å². The Hall–Kier alpha value is -6.85. The van der Waals surface area contributed by atoms with Crippen LogP contribution in [0.25, 0.3) is 0 Å². The molecule has 3 heterocycles. The van der Waals surface area contributed by atoms with Crippen molar-refractivity contribution in [3.05, 3.63) is 54.7 Å². The number of amides is 5.